The molecule has 6 nitrogen and oxygen atoms in total. The van der Waals surface area contributed by atoms with E-state index in [1.54, 1.807) is 0 Å². The van der Waals surface area contributed by atoms with Gasteiger partial charge in [-0.25, -0.2) is 4.98 Å². The van der Waals surface area contributed by atoms with E-state index < -0.39 is 0 Å². The number of fused-ring (bicyclic) bond motifs is 2. The Bertz CT molecular complexity index is 1020. The summed E-state index contributed by atoms with van der Waals surface area (Å²) in [6.45, 7) is 7.37. The van der Waals surface area contributed by atoms with E-state index in [2.05, 4.69) is 76.9 Å². The first-order valence-electron chi connectivity index (χ1n) is 11.2. The van der Waals surface area contributed by atoms with Crippen LogP contribution in [-0.2, 0) is 13.0 Å². The summed E-state index contributed by atoms with van der Waals surface area (Å²) in [5, 5.41) is 3.62. The van der Waals surface area contributed by atoms with Gasteiger partial charge < -0.3 is 10.2 Å². The molecule has 0 bridgehead atoms. The van der Waals surface area contributed by atoms with Gasteiger partial charge in [0.1, 0.15) is 11.5 Å². The van der Waals surface area contributed by atoms with Crippen LogP contribution < -0.4 is 10.2 Å². The van der Waals surface area contributed by atoms with Crippen molar-refractivity contribution in [3.05, 3.63) is 59.7 Å². The SMILES string of the molecule is CC1CN(c2cccc3nc(CN(C)C4CCCc5cccnc54)cn23)CC(C)N1. The van der Waals surface area contributed by atoms with E-state index in [0.29, 0.717) is 18.1 Å². The van der Waals surface area contributed by atoms with Crippen LogP contribution in [0.1, 0.15) is 49.7 Å². The Hall–Kier alpha value is -2.44. The lowest BCUT2D eigenvalue weighted by molar-refractivity contribution is 0.206. The molecule has 5 rings (SSSR count). The van der Waals surface area contributed by atoms with Crippen molar-refractivity contribution in [2.45, 2.75) is 57.8 Å². The highest BCUT2D eigenvalue weighted by atomic mass is 15.3. The normalized spacial score (nSPS) is 24.4. The van der Waals surface area contributed by atoms with Gasteiger partial charge in [-0.2, -0.15) is 0 Å². The van der Waals surface area contributed by atoms with Gasteiger partial charge in [-0.15, -0.1) is 0 Å². The zero-order chi connectivity index (χ0) is 20.7. The van der Waals surface area contributed by atoms with Crippen molar-refractivity contribution in [2.75, 3.05) is 25.0 Å². The second-order valence-corrected chi connectivity index (χ2v) is 9.09. The van der Waals surface area contributed by atoms with Crippen LogP contribution in [-0.4, -0.2) is 51.5 Å². The summed E-state index contributed by atoms with van der Waals surface area (Å²) in [6, 6.07) is 12.1. The number of hydrogen-bond acceptors (Lipinski definition) is 5. The van der Waals surface area contributed by atoms with Crippen molar-refractivity contribution >= 4 is 11.5 Å². The minimum atomic E-state index is 0.370. The van der Waals surface area contributed by atoms with E-state index in [1.807, 2.05) is 6.20 Å². The minimum Gasteiger partial charge on any atom is -0.355 e. The molecule has 1 aliphatic carbocycles. The number of aromatic nitrogens is 3. The summed E-state index contributed by atoms with van der Waals surface area (Å²) in [7, 11) is 2.21. The van der Waals surface area contributed by atoms with Crippen molar-refractivity contribution < 1.29 is 0 Å². The first-order chi connectivity index (χ1) is 14.6. The predicted octanol–water partition coefficient (Wildman–Crippen LogP) is 3.43. The summed E-state index contributed by atoms with van der Waals surface area (Å²) in [5.41, 5.74) is 4.79. The molecule has 3 unspecified atom stereocenters. The lowest BCUT2D eigenvalue weighted by Crippen LogP contribution is -2.54. The lowest BCUT2D eigenvalue weighted by atomic mass is 9.91. The molecule has 0 saturated carbocycles. The fraction of sp³-hybridized carbons (Fsp3) is 0.500. The Morgan fingerprint density at radius 3 is 2.80 bits per heavy atom. The Morgan fingerprint density at radius 2 is 1.97 bits per heavy atom. The molecule has 3 atom stereocenters. The van der Waals surface area contributed by atoms with Gasteiger partial charge in [0.05, 0.1) is 17.4 Å². The van der Waals surface area contributed by atoms with Gasteiger partial charge in [-0.3, -0.25) is 14.3 Å². The van der Waals surface area contributed by atoms with Gasteiger partial charge in [0, 0.05) is 44.1 Å². The number of rotatable bonds is 4. The van der Waals surface area contributed by atoms with Crippen LogP contribution in [0.3, 0.4) is 0 Å². The molecule has 3 aromatic rings. The number of aryl methyl sites for hydroxylation is 1. The Kier molecular flexibility index (Phi) is 5.21. The molecular weight excluding hydrogens is 372 g/mol. The zero-order valence-electron chi connectivity index (χ0n) is 18.3. The van der Waals surface area contributed by atoms with Crippen LogP contribution in [0.15, 0.2) is 42.7 Å². The third kappa shape index (κ3) is 3.70. The third-order valence-corrected chi connectivity index (χ3v) is 6.51. The van der Waals surface area contributed by atoms with Gasteiger partial charge in [0.25, 0.3) is 0 Å². The average molecular weight is 405 g/mol. The lowest BCUT2D eigenvalue weighted by Gasteiger charge is -2.37. The molecule has 2 aliphatic rings. The van der Waals surface area contributed by atoms with Crippen molar-refractivity contribution in [3.8, 4) is 0 Å². The maximum Gasteiger partial charge on any atom is 0.138 e. The van der Waals surface area contributed by atoms with Crippen LogP contribution in [0.4, 0.5) is 5.82 Å². The van der Waals surface area contributed by atoms with Crippen LogP contribution in [0.25, 0.3) is 5.65 Å². The molecule has 6 heteroatoms. The molecule has 1 fully saturated rings. The van der Waals surface area contributed by atoms with E-state index >= 15 is 0 Å². The van der Waals surface area contributed by atoms with E-state index in [1.165, 1.54) is 23.5 Å². The number of pyridine rings is 2. The topological polar surface area (TPSA) is 48.7 Å². The monoisotopic (exact) mass is 404 g/mol. The number of nitrogens with one attached hydrogen (secondary N) is 1. The fourth-order valence-electron chi connectivity index (χ4n) is 5.27. The second-order valence-electron chi connectivity index (χ2n) is 9.09. The van der Waals surface area contributed by atoms with Crippen LogP contribution in [0.5, 0.6) is 0 Å². The Labute approximate surface area is 178 Å². The maximum absolute atomic E-state index is 4.96. The highest BCUT2D eigenvalue weighted by Crippen LogP contribution is 2.32. The number of imidazole rings is 1. The summed E-state index contributed by atoms with van der Waals surface area (Å²) < 4.78 is 2.26. The summed E-state index contributed by atoms with van der Waals surface area (Å²) in [4.78, 5) is 14.6. The molecule has 1 saturated heterocycles. The highest BCUT2D eigenvalue weighted by Gasteiger charge is 2.26. The van der Waals surface area contributed by atoms with E-state index in [4.69, 9.17) is 9.97 Å². The molecule has 0 radical (unpaired) electrons. The van der Waals surface area contributed by atoms with Crippen molar-refractivity contribution in [1.82, 2.24) is 24.6 Å². The highest BCUT2D eigenvalue weighted by molar-refractivity contribution is 5.53. The van der Waals surface area contributed by atoms with Crippen molar-refractivity contribution in [2.24, 2.45) is 0 Å². The van der Waals surface area contributed by atoms with Crippen LogP contribution in [0, 0.1) is 0 Å². The minimum absolute atomic E-state index is 0.370. The largest absolute Gasteiger partial charge is 0.355 e. The molecule has 0 spiro atoms. The third-order valence-electron chi connectivity index (χ3n) is 6.51. The molecule has 0 aromatic carbocycles. The van der Waals surface area contributed by atoms with Gasteiger partial charge in [0.15, 0.2) is 0 Å². The Morgan fingerprint density at radius 1 is 1.13 bits per heavy atom. The zero-order valence-corrected chi connectivity index (χ0v) is 18.3. The van der Waals surface area contributed by atoms with E-state index in [0.717, 1.165) is 43.8 Å². The van der Waals surface area contributed by atoms with E-state index in [9.17, 15) is 0 Å². The average Bonchev–Trinajstić information content (AvgIpc) is 3.15. The number of nitrogens with zero attached hydrogens (tertiary/aromatic N) is 5. The van der Waals surface area contributed by atoms with E-state index in [-0.39, 0.29) is 0 Å². The first kappa shape index (κ1) is 19.5. The number of anilines is 1. The van der Waals surface area contributed by atoms with Crippen molar-refractivity contribution in [3.63, 3.8) is 0 Å². The fourth-order valence-corrected chi connectivity index (χ4v) is 5.27. The van der Waals surface area contributed by atoms with Gasteiger partial charge in [0.2, 0.25) is 0 Å². The molecule has 3 aromatic heterocycles. The standard InChI is InChI=1S/C24H32N6/c1-17-13-29(14-18(2)26-17)23-11-5-10-22-27-20(16-30(22)23)15-28(3)21-9-4-7-19-8-6-12-25-24(19)21/h5-6,8,10-12,16-18,21,26H,4,7,9,13-15H2,1-3H3. The first-order valence-corrected chi connectivity index (χ1v) is 11.2. The van der Waals surface area contributed by atoms with Gasteiger partial charge in [-0.05, 0) is 63.9 Å². The molecular formula is C24H32N6. The summed E-state index contributed by atoms with van der Waals surface area (Å²) in [5.74, 6) is 1.23. The molecule has 30 heavy (non-hydrogen) atoms. The number of piperazine rings is 1. The molecule has 0 amide bonds. The Balaban J connectivity index is 1.40. The molecule has 158 valence electrons. The molecule has 4 heterocycles. The van der Waals surface area contributed by atoms with Crippen molar-refractivity contribution in [1.29, 1.82) is 0 Å². The van der Waals surface area contributed by atoms with Gasteiger partial charge >= 0.3 is 0 Å². The second kappa shape index (κ2) is 8.00. The molecule has 1 N–H and O–H groups in total. The summed E-state index contributed by atoms with van der Waals surface area (Å²) in [6.07, 6.45) is 7.68. The molecule has 1 aliphatic heterocycles. The predicted molar refractivity (Wildman–Crippen MR) is 121 cm³/mol. The van der Waals surface area contributed by atoms with Crippen LogP contribution in [0.2, 0.25) is 0 Å². The van der Waals surface area contributed by atoms with Crippen LogP contribution >= 0.6 is 0 Å². The smallest absolute Gasteiger partial charge is 0.138 e. The number of hydrogen-bond donors (Lipinski definition) is 1. The van der Waals surface area contributed by atoms with Gasteiger partial charge in [-0.1, -0.05) is 12.1 Å². The maximum atomic E-state index is 4.96. The summed E-state index contributed by atoms with van der Waals surface area (Å²) >= 11 is 0. The quantitative estimate of drug-likeness (QED) is 0.722.